The highest BCUT2D eigenvalue weighted by atomic mass is 16.6. The summed E-state index contributed by atoms with van der Waals surface area (Å²) < 4.78 is 4.70. The fourth-order valence-electron chi connectivity index (χ4n) is 0.748. The van der Waals surface area contributed by atoms with Gasteiger partial charge in [0, 0.05) is 6.92 Å². The lowest BCUT2D eigenvalue weighted by atomic mass is 10.0. The summed E-state index contributed by atoms with van der Waals surface area (Å²) in [4.78, 5) is 20.8. The third-order valence-electron chi connectivity index (χ3n) is 1.45. The van der Waals surface area contributed by atoms with Crippen molar-refractivity contribution < 1.29 is 14.3 Å². The topological polar surface area (TPSA) is 55.4 Å². The average molecular weight is 143 g/mol. The summed E-state index contributed by atoms with van der Waals surface area (Å²) >= 11 is 0. The minimum absolute atomic E-state index is 0.0637. The molecule has 1 saturated heterocycles. The molecular weight excluding hydrogens is 134 g/mol. The Labute approximate surface area is 58.5 Å². The molecular formula is C6H9NO3. The summed E-state index contributed by atoms with van der Waals surface area (Å²) in [6, 6.07) is 0. The second kappa shape index (κ2) is 2.28. The smallest absolute Gasteiger partial charge is 0.304 e. The molecule has 4 nitrogen and oxygen atoms in total. The van der Waals surface area contributed by atoms with Gasteiger partial charge in [0.2, 0.25) is 5.91 Å². The number of carbonyl (C=O) groups excluding carboxylic acids is 2. The Bertz CT molecular complexity index is 178. The number of amides is 1. The summed E-state index contributed by atoms with van der Waals surface area (Å²) in [5.41, 5.74) is 0. The zero-order chi connectivity index (χ0) is 7.72. The molecule has 1 aliphatic rings. The van der Waals surface area contributed by atoms with Gasteiger partial charge in [-0.05, 0) is 6.92 Å². The molecule has 1 N–H and O–H groups in total. The van der Waals surface area contributed by atoms with Crippen molar-refractivity contribution >= 4 is 11.9 Å². The number of ether oxygens (including phenoxy) is 1. The SMILES string of the molecule is CC(=O)O[C@H]1NC(=O)[C@@H]1C. The standard InChI is InChI=1S/C6H9NO3/c1-3-5(9)7-6(3)10-4(2)8/h3,6H,1-2H3,(H,7,9)/t3-,6+/m0/s1. The van der Waals surface area contributed by atoms with Crippen LogP contribution in [0, 0.1) is 5.92 Å². The van der Waals surface area contributed by atoms with E-state index in [1.807, 2.05) is 0 Å². The fraction of sp³-hybridized carbons (Fsp3) is 0.667. The molecule has 0 unspecified atom stereocenters. The molecule has 10 heavy (non-hydrogen) atoms. The Morgan fingerprint density at radius 2 is 2.30 bits per heavy atom. The predicted molar refractivity (Wildman–Crippen MR) is 32.9 cm³/mol. The molecule has 1 aliphatic heterocycles. The number of carbonyl (C=O) groups is 2. The number of hydrogen-bond acceptors (Lipinski definition) is 3. The van der Waals surface area contributed by atoms with Crippen LogP contribution in [0.25, 0.3) is 0 Å². The molecule has 0 aliphatic carbocycles. The molecule has 0 radical (unpaired) electrons. The van der Waals surface area contributed by atoms with Crippen LogP contribution in [0.15, 0.2) is 0 Å². The van der Waals surface area contributed by atoms with Gasteiger partial charge in [-0.25, -0.2) is 0 Å². The van der Waals surface area contributed by atoms with Gasteiger partial charge in [-0.1, -0.05) is 0 Å². The van der Waals surface area contributed by atoms with Crippen LogP contribution >= 0.6 is 0 Å². The van der Waals surface area contributed by atoms with Crippen molar-refractivity contribution in [2.75, 3.05) is 0 Å². The maximum Gasteiger partial charge on any atom is 0.304 e. The lowest BCUT2D eigenvalue weighted by Gasteiger charge is -2.32. The van der Waals surface area contributed by atoms with Crippen LogP contribution in [-0.2, 0) is 14.3 Å². The minimum Gasteiger partial charge on any atom is -0.441 e. The fourth-order valence-corrected chi connectivity index (χ4v) is 0.748. The van der Waals surface area contributed by atoms with E-state index in [-0.39, 0.29) is 17.8 Å². The molecule has 1 rings (SSSR count). The molecule has 1 heterocycles. The van der Waals surface area contributed by atoms with Gasteiger partial charge in [0.05, 0.1) is 5.92 Å². The Hall–Kier alpha value is -1.06. The second-order valence-electron chi connectivity index (χ2n) is 2.33. The van der Waals surface area contributed by atoms with Gasteiger partial charge in [0.1, 0.15) is 0 Å². The molecule has 0 aromatic carbocycles. The maximum atomic E-state index is 10.5. The third-order valence-corrected chi connectivity index (χ3v) is 1.45. The van der Waals surface area contributed by atoms with Gasteiger partial charge >= 0.3 is 5.97 Å². The molecule has 1 amide bonds. The Balaban J connectivity index is 2.34. The first-order valence-corrected chi connectivity index (χ1v) is 3.09. The molecule has 2 atom stereocenters. The van der Waals surface area contributed by atoms with Crippen molar-refractivity contribution in [1.82, 2.24) is 5.32 Å². The Morgan fingerprint density at radius 3 is 2.60 bits per heavy atom. The van der Waals surface area contributed by atoms with Crippen molar-refractivity contribution in [2.45, 2.75) is 20.1 Å². The van der Waals surface area contributed by atoms with Crippen LogP contribution in [0.3, 0.4) is 0 Å². The highest BCUT2D eigenvalue weighted by Gasteiger charge is 2.37. The quantitative estimate of drug-likeness (QED) is 0.403. The molecule has 0 bridgehead atoms. The van der Waals surface area contributed by atoms with Gasteiger partial charge in [-0.2, -0.15) is 0 Å². The highest BCUT2D eigenvalue weighted by Crippen LogP contribution is 2.14. The van der Waals surface area contributed by atoms with Crippen molar-refractivity contribution in [3.8, 4) is 0 Å². The van der Waals surface area contributed by atoms with E-state index in [0.29, 0.717) is 0 Å². The van der Waals surface area contributed by atoms with Crippen molar-refractivity contribution in [3.63, 3.8) is 0 Å². The molecule has 0 spiro atoms. The van der Waals surface area contributed by atoms with Crippen LogP contribution in [0.2, 0.25) is 0 Å². The van der Waals surface area contributed by atoms with Crippen molar-refractivity contribution in [2.24, 2.45) is 5.92 Å². The van der Waals surface area contributed by atoms with E-state index < -0.39 is 6.23 Å². The Morgan fingerprint density at radius 1 is 1.70 bits per heavy atom. The summed E-state index contributed by atoms with van der Waals surface area (Å²) in [5.74, 6) is -0.619. The van der Waals surface area contributed by atoms with Crippen molar-refractivity contribution in [3.05, 3.63) is 0 Å². The predicted octanol–water partition coefficient (Wildman–Crippen LogP) is -0.359. The number of rotatable bonds is 1. The summed E-state index contributed by atoms with van der Waals surface area (Å²) in [7, 11) is 0. The van der Waals surface area contributed by atoms with E-state index in [0.717, 1.165) is 0 Å². The minimum atomic E-state index is -0.398. The van der Waals surface area contributed by atoms with Crippen LogP contribution in [-0.4, -0.2) is 18.1 Å². The molecule has 56 valence electrons. The average Bonchev–Trinajstić information content (AvgIpc) is 1.86. The number of hydrogen-bond donors (Lipinski definition) is 1. The molecule has 4 heteroatoms. The largest absolute Gasteiger partial charge is 0.441 e. The summed E-state index contributed by atoms with van der Waals surface area (Å²) in [5, 5.41) is 2.44. The molecule has 0 aromatic rings. The second-order valence-corrected chi connectivity index (χ2v) is 2.33. The van der Waals surface area contributed by atoms with Crippen molar-refractivity contribution in [1.29, 1.82) is 0 Å². The van der Waals surface area contributed by atoms with Gasteiger partial charge in [0.25, 0.3) is 0 Å². The monoisotopic (exact) mass is 143 g/mol. The van der Waals surface area contributed by atoms with Crippen LogP contribution in [0.4, 0.5) is 0 Å². The van der Waals surface area contributed by atoms with Gasteiger partial charge in [-0.15, -0.1) is 0 Å². The number of esters is 1. The zero-order valence-electron chi connectivity index (χ0n) is 5.88. The zero-order valence-corrected chi connectivity index (χ0v) is 5.88. The molecule has 1 fully saturated rings. The van der Waals surface area contributed by atoms with Crippen LogP contribution in [0.1, 0.15) is 13.8 Å². The van der Waals surface area contributed by atoms with E-state index in [1.165, 1.54) is 6.92 Å². The maximum absolute atomic E-state index is 10.5. The Kier molecular flexibility index (Phi) is 1.61. The lowest BCUT2D eigenvalue weighted by molar-refractivity contribution is -0.165. The van der Waals surface area contributed by atoms with Crippen LogP contribution in [0.5, 0.6) is 0 Å². The normalized spacial score (nSPS) is 30.4. The summed E-state index contributed by atoms with van der Waals surface area (Å²) in [6.45, 7) is 3.03. The van der Waals surface area contributed by atoms with Crippen LogP contribution < -0.4 is 5.32 Å². The van der Waals surface area contributed by atoms with Gasteiger partial charge in [-0.3, -0.25) is 9.59 Å². The number of β-lactam (4-membered cyclic amide) rings is 1. The first-order chi connectivity index (χ1) is 4.61. The van der Waals surface area contributed by atoms with E-state index in [9.17, 15) is 9.59 Å². The first kappa shape index (κ1) is 7.05. The highest BCUT2D eigenvalue weighted by molar-refractivity contribution is 5.85. The number of nitrogens with one attached hydrogen (secondary N) is 1. The van der Waals surface area contributed by atoms with Gasteiger partial charge < -0.3 is 10.1 Å². The van der Waals surface area contributed by atoms with E-state index >= 15 is 0 Å². The molecule has 0 aromatic heterocycles. The first-order valence-electron chi connectivity index (χ1n) is 3.09. The molecule has 0 saturated carbocycles. The van der Waals surface area contributed by atoms with E-state index in [4.69, 9.17) is 4.74 Å². The summed E-state index contributed by atoms with van der Waals surface area (Å²) in [6.07, 6.45) is -0.398. The van der Waals surface area contributed by atoms with E-state index in [2.05, 4.69) is 5.32 Å². The van der Waals surface area contributed by atoms with Gasteiger partial charge in [0.15, 0.2) is 6.23 Å². The lowest BCUT2D eigenvalue weighted by Crippen LogP contribution is -2.58. The third kappa shape index (κ3) is 1.10. The van der Waals surface area contributed by atoms with E-state index in [1.54, 1.807) is 6.92 Å².